The van der Waals surface area contributed by atoms with Crippen molar-refractivity contribution in [1.82, 2.24) is 9.80 Å². The largest absolute Gasteiger partial charge is 0.284 e. The molecule has 1 aromatic rings. The molecule has 1 heterocycles. The molecule has 2 amide bonds. The van der Waals surface area contributed by atoms with Gasteiger partial charge < -0.3 is 0 Å². The number of hydrogen-bond donors (Lipinski definition) is 0. The smallest absolute Gasteiger partial charge is 0.237 e. The fourth-order valence-electron chi connectivity index (χ4n) is 3.82. The lowest BCUT2D eigenvalue weighted by Crippen LogP contribution is -2.42. The van der Waals surface area contributed by atoms with E-state index in [0.717, 1.165) is 31.2 Å². The van der Waals surface area contributed by atoms with Crippen molar-refractivity contribution in [2.24, 2.45) is 5.41 Å². The van der Waals surface area contributed by atoms with Crippen LogP contribution in [-0.4, -0.2) is 35.3 Å². The van der Waals surface area contributed by atoms with Crippen molar-refractivity contribution in [3.63, 3.8) is 0 Å². The second-order valence-corrected chi connectivity index (χ2v) is 7.36. The van der Waals surface area contributed by atoms with Crippen LogP contribution in [0, 0.1) is 5.41 Å². The van der Waals surface area contributed by atoms with E-state index in [1.165, 1.54) is 11.3 Å². The van der Waals surface area contributed by atoms with Crippen LogP contribution in [0.15, 0.2) is 24.3 Å². The summed E-state index contributed by atoms with van der Waals surface area (Å²) in [4.78, 5) is 28.6. The Bertz CT molecular complexity index is 594. The molecule has 1 aliphatic carbocycles. The first-order chi connectivity index (χ1) is 11.0. The van der Waals surface area contributed by atoms with Crippen molar-refractivity contribution >= 4 is 23.4 Å². The summed E-state index contributed by atoms with van der Waals surface area (Å²) in [5.41, 5.74) is 0.722. The van der Waals surface area contributed by atoms with Crippen LogP contribution in [0.3, 0.4) is 0 Å². The predicted octanol–water partition coefficient (Wildman–Crippen LogP) is 3.44. The number of hydrogen-bond acceptors (Lipinski definition) is 3. The van der Waals surface area contributed by atoms with Gasteiger partial charge >= 0.3 is 0 Å². The van der Waals surface area contributed by atoms with Crippen LogP contribution in [0.2, 0.25) is 5.02 Å². The Kier molecular flexibility index (Phi) is 4.74. The normalized spacial score (nSPS) is 20.7. The average Bonchev–Trinajstić information content (AvgIpc) is 2.75. The Balaban J connectivity index is 1.63. The average molecular weight is 335 g/mol. The molecule has 3 rings (SSSR count). The van der Waals surface area contributed by atoms with Crippen molar-refractivity contribution in [2.45, 2.75) is 45.1 Å². The van der Waals surface area contributed by atoms with E-state index in [9.17, 15) is 9.59 Å². The Morgan fingerprint density at radius 2 is 1.78 bits per heavy atom. The van der Waals surface area contributed by atoms with Crippen LogP contribution in [-0.2, 0) is 16.1 Å². The predicted molar refractivity (Wildman–Crippen MR) is 89.8 cm³/mol. The zero-order valence-corrected chi connectivity index (χ0v) is 14.3. The molecule has 1 aromatic carbocycles. The lowest BCUT2D eigenvalue weighted by atomic mass is 9.73. The molecule has 23 heavy (non-hydrogen) atoms. The number of halogens is 1. The highest BCUT2D eigenvalue weighted by Crippen LogP contribution is 2.45. The molecule has 0 bridgehead atoms. The Hall–Kier alpha value is -1.39. The lowest BCUT2D eigenvalue weighted by molar-refractivity contribution is -0.144. The summed E-state index contributed by atoms with van der Waals surface area (Å²) in [6.07, 6.45) is 5.45. The fourth-order valence-corrected chi connectivity index (χ4v) is 3.94. The molecule has 1 spiro atoms. The standard InChI is InChI=1S/C18H23ClN2O2/c1-20(12-14-5-7-15(19)8-6-14)13-21-16(22)11-18(17(21)23)9-3-2-4-10-18/h5-8H,2-4,9-13H2,1H3. The first-order valence-corrected chi connectivity index (χ1v) is 8.66. The molecule has 1 aliphatic heterocycles. The number of carbonyl (C=O) groups excluding carboxylic acids is 2. The first kappa shape index (κ1) is 16.5. The quantitative estimate of drug-likeness (QED) is 0.792. The van der Waals surface area contributed by atoms with Crippen molar-refractivity contribution in [1.29, 1.82) is 0 Å². The minimum atomic E-state index is -0.392. The molecule has 0 unspecified atom stereocenters. The zero-order valence-electron chi connectivity index (χ0n) is 13.6. The summed E-state index contributed by atoms with van der Waals surface area (Å²) in [6, 6.07) is 7.64. The van der Waals surface area contributed by atoms with Crippen LogP contribution in [0.25, 0.3) is 0 Å². The van der Waals surface area contributed by atoms with Gasteiger partial charge in [0.15, 0.2) is 0 Å². The summed E-state index contributed by atoms with van der Waals surface area (Å²) in [5.74, 6) is 0.0324. The molecule has 1 saturated heterocycles. The van der Waals surface area contributed by atoms with Crippen molar-refractivity contribution < 1.29 is 9.59 Å². The van der Waals surface area contributed by atoms with Gasteiger partial charge in [0.2, 0.25) is 11.8 Å². The number of carbonyl (C=O) groups is 2. The van der Waals surface area contributed by atoms with Crippen LogP contribution >= 0.6 is 11.6 Å². The zero-order chi connectivity index (χ0) is 16.4. The highest BCUT2D eigenvalue weighted by molar-refractivity contribution is 6.30. The fraction of sp³-hybridized carbons (Fsp3) is 0.556. The summed E-state index contributed by atoms with van der Waals surface area (Å²) >= 11 is 5.90. The Morgan fingerprint density at radius 1 is 1.13 bits per heavy atom. The van der Waals surface area contributed by atoms with E-state index in [0.29, 0.717) is 24.7 Å². The van der Waals surface area contributed by atoms with E-state index in [1.807, 2.05) is 36.2 Å². The van der Waals surface area contributed by atoms with Crippen LogP contribution in [0.4, 0.5) is 0 Å². The van der Waals surface area contributed by atoms with Gasteiger partial charge in [0.25, 0.3) is 0 Å². The maximum absolute atomic E-state index is 12.8. The molecule has 1 saturated carbocycles. The van der Waals surface area contributed by atoms with Crippen LogP contribution in [0.1, 0.15) is 44.1 Å². The van der Waals surface area contributed by atoms with Gasteiger partial charge in [-0.2, -0.15) is 0 Å². The molecule has 2 fully saturated rings. The van der Waals surface area contributed by atoms with E-state index in [2.05, 4.69) is 0 Å². The maximum atomic E-state index is 12.8. The molecule has 0 aromatic heterocycles. The molecule has 124 valence electrons. The van der Waals surface area contributed by atoms with Gasteiger partial charge in [0.05, 0.1) is 12.1 Å². The van der Waals surface area contributed by atoms with E-state index < -0.39 is 5.41 Å². The second kappa shape index (κ2) is 6.62. The molecular weight excluding hydrogens is 312 g/mol. The number of imide groups is 1. The molecule has 0 atom stereocenters. The number of nitrogens with zero attached hydrogens (tertiary/aromatic N) is 2. The highest BCUT2D eigenvalue weighted by atomic mass is 35.5. The summed E-state index contributed by atoms with van der Waals surface area (Å²) in [6.45, 7) is 1.04. The number of likely N-dealkylation sites (tertiary alicyclic amines) is 1. The third-order valence-electron chi connectivity index (χ3n) is 5.05. The monoisotopic (exact) mass is 334 g/mol. The molecule has 4 nitrogen and oxygen atoms in total. The minimum absolute atomic E-state index is 0.0140. The van der Waals surface area contributed by atoms with Gasteiger partial charge in [-0.25, -0.2) is 0 Å². The van der Waals surface area contributed by atoms with Crippen molar-refractivity contribution in [3.05, 3.63) is 34.9 Å². The first-order valence-electron chi connectivity index (χ1n) is 8.28. The highest BCUT2D eigenvalue weighted by Gasteiger charge is 2.51. The number of rotatable bonds is 4. The maximum Gasteiger partial charge on any atom is 0.237 e. The molecule has 0 N–H and O–H groups in total. The summed E-state index contributed by atoms with van der Waals surface area (Å²) in [7, 11) is 1.93. The topological polar surface area (TPSA) is 40.6 Å². The van der Waals surface area contributed by atoms with Crippen LogP contribution in [0.5, 0.6) is 0 Å². The van der Waals surface area contributed by atoms with Gasteiger partial charge in [0, 0.05) is 18.0 Å². The lowest BCUT2D eigenvalue weighted by Gasteiger charge is -2.31. The molecule has 5 heteroatoms. The van der Waals surface area contributed by atoms with Crippen LogP contribution < -0.4 is 0 Å². The third-order valence-corrected chi connectivity index (χ3v) is 5.30. The number of amides is 2. The Labute approximate surface area is 142 Å². The van der Waals surface area contributed by atoms with E-state index >= 15 is 0 Å². The van der Waals surface area contributed by atoms with Crippen molar-refractivity contribution in [3.8, 4) is 0 Å². The molecule has 0 radical (unpaired) electrons. The SMILES string of the molecule is CN(Cc1ccc(Cl)cc1)CN1C(=O)CC2(CCCCC2)C1=O. The van der Waals surface area contributed by atoms with E-state index in [1.54, 1.807) is 0 Å². The minimum Gasteiger partial charge on any atom is -0.284 e. The summed E-state index contributed by atoms with van der Waals surface area (Å²) < 4.78 is 0. The van der Waals surface area contributed by atoms with Crippen molar-refractivity contribution in [2.75, 3.05) is 13.7 Å². The second-order valence-electron chi connectivity index (χ2n) is 6.93. The Morgan fingerprint density at radius 3 is 2.43 bits per heavy atom. The van der Waals surface area contributed by atoms with E-state index in [-0.39, 0.29) is 11.8 Å². The van der Waals surface area contributed by atoms with Gasteiger partial charge in [-0.05, 0) is 37.6 Å². The molecular formula is C18H23ClN2O2. The van der Waals surface area contributed by atoms with Gasteiger partial charge in [-0.1, -0.05) is 43.0 Å². The van der Waals surface area contributed by atoms with Gasteiger partial charge in [-0.15, -0.1) is 0 Å². The summed E-state index contributed by atoms with van der Waals surface area (Å²) in [5, 5.41) is 0.709. The van der Waals surface area contributed by atoms with Gasteiger partial charge in [-0.3, -0.25) is 19.4 Å². The van der Waals surface area contributed by atoms with Gasteiger partial charge in [0.1, 0.15) is 0 Å². The number of benzene rings is 1. The van der Waals surface area contributed by atoms with E-state index in [4.69, 9.17) is 11.6 Å². The third kappa shape index (κ3) is 3.43. The molecule has 2 aliphatic rings.